The Morgan fingerprint density at radius 2 is 1.86 bits per heavy atom. The first-order valence-electron chi connectivity index (χ1n) is 9.42. The summed E-state index contributed by atoms with van der Waals surface area (Å²) in [6.07, 6.45) is 3.46. The molecule has 1 fully saturated rings. The highest BCUT2D eigenvalue weighted by Gasteiger charge is 2.29. The number of nitrogens with zero attached hydrogens (tertiary/aromatic N) is 1. The third-order valence-electron chi connectivity index (χ3n) is 4.83. The van der Waals surface area contributed by atoms with E-state index in [0.29, 0.717) is 28.5 Å². The van der Waals surface area contributed by atoms with Crippen molar-refractivity contribution in [2.75, 3.05) is 10.6 Å². The number of benzene rings is 2. The Morgan fingerprint density at radius 1 is 1.00 bits per heavy atom. The van der Waals surface area contributed by atoms with Crippen LogP contribution in [0.3, 0.4) is 0 Å². The number of H-pyrrole nitrogens is 1. The summed E-state index contributed by atoms with van der Waals surface area (Å²) in [7, 11) is 0. The van der Waals surface area contributed by atoms with E-state index in [1.165, 1.54) is 0 Å². The van der Waals surface area contributed by atoms with E-state index >= 15 is 0 Å². The SMILES string of the molecule is O=C(Nc1ccc2nc(-c3ccco3)[nH]c2c1)c1cccc(NC(=O)C2CC2)c1. The molecular weight excluding hydrogens is 368 g/mol. The fraction of sp³-hybridized carbons (Fsp3) is 0.136. The van der Waals surface area contributed by atoms with Gasteiger partial charge in [0, 0.05) is 22.9 Å². The summed E-state index contributed by atoms with van der Waals surface area (Å²) in [5.74, 6) is 1.15. The number of carbonyl (C=O) groups excluding carboxylic acids is 2. The van der Waals surface area contributed by atoms with Gasteiger partial charge in [-0.25, -0.2) is 4.98 Å². The van der Waals surface area contributed by atoms with E-state index in [1.54, 1.807) is 42.7 Å². The predicted octanol–water partition coefficient (Wildman–Crippen LogP) is 4.42. The van der Waals surface area contributed by atoms with Crippen molar-refractivity contribution in [1.82, 2.24) is 9.97 Å². The van der Waals surface area contributed by atoms with E-state index in [-0.39, 0.29) is 17.7 Å². The highest BCUT2D eigenvalue weighted by atomic mass is 16.3. The summed E-state index contributed by atoms with van der Waals surface area (Å²) in [6.45, 7) is 0. The number of hydrogen-bond donors (Lipinski definition) is 3. The van der Waals surface area contributed by atoms with E-state index in [2.05, 4.69) is 20.6 Å². The number of carbonyl (C=O) groups is 2. The number of amides is 2. The molecule has 7 nitrogen and oxygen atoms in total. The Kier molecular flexibility index (Phi) is 4.13. The van der Waals surface area contributed by atoms with Gasteiger partial charge in [0.1, 0.15) is 0 Å². The zero-order valence-electron chi connectivity index (χ0n) is 15.4. The molecule has 0 atom stereocenters. The average molecular weight is 386 g/mol. The number of hydrogen-bond acceptors (Lipinski definition) is 4. The Hall–Kier alpha value is -3.87. The van der Waals surface area contributed by atoms with E-state index < -0.39 is 0 Å². The van der Waals surface area contributed by atoms with Crippen LogP contribution in [-0.2, 0) is 4.79 Å². The van der Waals surface area contributed by atoms with Crippen LogP contribution in [0, 0.1) is 5.92 Å². The van der Waals surface area contributed by atoms with Crippen LogP contribution >= 0.6 is 0 Å². The van der Waals surface area contributed by atoms with Crippen LogP contribution < -0.4 is 10.6 Å². The van der Waals surface area contributed by atoms with Gasteiger partial charge in [-0.05, 0) is 61.4 Å². The lowest BCUT2D eigenvalue weighted by atomic mass is 10.1. The maximum Gasteiger partial charge on any atom is 0.255 e. The van der Waals surface area contributed by atoms with Crippen molar-refractivity contribution >= 4 is 34.2 Å². The highest BCUT2D eigenvalue weighted by Crippen LogP contribution is 2.30. The van der Waals surface area contributed by atoms with Gasteiger partial charge < -0.3 is 20.0 Å². The number of anilines is 2. The van der Waals surface area contributed by atoms with Gasteiger partial charge in [0.25, 0.3) is 5.91 Å². The van der Waals surface area contributed by atoms with E-state index in [4.69, 9.17) is 4.42 Å². The standard InChI is InChI=1S/C22H18N4O3/c27-21(13-6-7-13)23-15-4-1-3-14(11-15)22(28)24-16-8-9-17-18(12-16)26-20(25-17)19-5-2-10-29-19/h1-5,8-13H,6-7H2,(H,23,27)(H,24,28)(H,25,26). The number of rotatable bonds is 5. The molecular formula is C22H18N4O3. The molecule has 7 heteroatoms. The van der Waals surface area contributed by atoms with Crippen molar-refractivity contribution in [3.05, 3.63) is 66.4 Å². The molecule has 4 aromatic rings. The second kappa shape index (κ2) is 6.94. The van der Waals surface area contributed by atoms with Crippen LogP contribution in [0.5, 0.6) is 0 Å². The molecule has 1 aliphatic carbocycles. The molecule has 0 aliphatic heterocycles. The molecule has 5 rings (SSSR count). The van der Waals surface area contributed by atoms with Crippen LogP contribution in [-0.4, -0.2) is 21.8 Å². The molecule has 2 heterocycles. The van der Waals surface area contributed by atoms with Crippen LogP contribution in [0.1, 0.15) is 23.2 Å². The second-order valence-electron chi connectivity index (χ2n) is 7.09. The first kappa shape index (κ1) is 17.2. The van der Waals surface area contributed by atoms with Gasteiger partial charge in [0.15, 0.2) is 11.6 Å². The molecule has 0 bridgehead atoms. The van der Waals surface area contributed by atoms with Crippen LogP contribution in [0.4, 0.5) is 11.4 Å². The smallest absolute Gasteiger partial charge is 0.255 e. The van der Waals surface area contributed by atoms with Crippen molar-refractivity contribution in [3.63, 3.8) is 0 Å². The van der Waals surface area contributed by atoms with Gasteiger partial charge in [0.2, 0.25) is 5.91 Å². The zero-order chi connectivity index (χ0) is 19.8. The molecule has 3 N–H and O–H groups in total. The van der Waals surface area contributed by atoms with Gasteiger partial charge in [-0.15, -0.1) is 0 Å². The number of aromatic nitrogens is 2. The van der Waals surface area contributed by atoms with Crippen LogP contribution in [0.25, 0.3) is 22.6 Å². The summed E-state index contributed by atoms with van der Waals surface area (Å²) < 4.78 is 5.37. The summed E-state index contributed by atoms with van der Waals surface area (Å²) in [5, 5.41) is 5.75. The van der Waals surface area contributed by atoms with Crippen LogP contribution in [0.2, 0.25) is 0 Å². The van der Waals surface area contributed by atoms with Crippen molar-refractivity contribution in [3.8, 4) is 11.6 Å². The molecule has 2 aromatic heterocycles. The molecule has 29 heavy (non-hydrogen) atoms. The lowest BCUT2D eigenvalue weighted by Gasteiger charge is -2.08. The molecule has 0 spiro atoms. The van der Waals surface area contributed by atoms with Crippen molar-refractivity contribution < 1.29 is 14.0 Å². The average Bonchev–Trinajstić information content (AvgIpc) is 3.27. The maximum absolute atomic E-state index is 12.7. The third kappa shape index (κ3) is 3.62. The highest BCUT2D eigenvalue weighted by molar-refractivity contribution is 6.06. The largest absolute Gasteiger partial charge is 0.461 e. The van der Waals surface area contributed by atoms with Crippen molar-refractivity contribution in [2.24, 2.45) is 5.92 Å². The maximum atomic E-state index is 12.7. The first-order chi connectivity index (χ1) is 14.2. The van der Waals surface area contributed by atoms with E-state index in [9.17, 15) is 9.59 Å². The number of aromatic amines is 1. The Morgan fingerprint density at radius 3 is 2.66 bits per heavy atom. The minimum absolute atomic E-state index is 0.0135. The van der Waals surface area contributed by atoms with Crippen molar-refractivity contribution in [1.29, 1.82) is 0 Å². The lowest BCUT2D eigenvalue weighted by molar-refractivity contribution is -0.117. The van der Waals surface area contributed by atoms with Gasteiger partial charge in [-0.3, -0.25) is 9.59 Å². The topological polar surface area (TPSA) is 100 Å². The Bertz CT molecular complexity index is 1210. The summed E-state index contributed by atoms with van der Waals surface area (Å²) >= 11 is 0. The number of furan rings is 1. The number of fused-ring (bicyclic) bond motifs is 1. The van der Waals surface area contributed by atoms with E-state index in [1.807, 2.05) is 18.2 Å². The molecule has 144 valence electrons. The number of nitrogens with one attached hydrogen (secondary N) is 3. The van der Waals surface area contributed by atoms with Crippen LogP contribution in [0.15, 0.2) is 65.3 Å². The van der Waals surface area contributed by atoms with Gasteiger partial charge in [-0.1, -0.05) is 6.07 Å². The Labute approximate surface area is 166 Å². The van der Waals surface area contributed by atoms with E-state index in [0.717, 1.165) is 23.9 Å². The molecule has 0 unspecified atom stereocenters. The van der Waals surface area contributed by atoms with Gasteiger partial charge >= 0.3 is 0 Å². The fourth-order valence-electron chi connectivity index (χ4n) is 3.15. The summed E-state index contributed by atoms with van der Waals surface area (Å²) in [6, 6.07) is 16.0. The predicted molar refractivity (Wildman–Crippen MR) is 110 cm³/mol. The molecule has 1 aliphatic rings. The second-order valence-corrected chi connectivity index (χ2v) is 7.09. The third-order valence-corrected chi connectivity index (χ3v) is 4.83. The van der Waals surface area contributed by atoms with Crippen molar-refractivity contribution in [2.45, 2.75) is 12.8 Å². The normalized spacial score (nSPS) is 13.4. The molecule has 2 aromatic carbocycles. The lowest BCUT2D eigenvalue weighted by Crippen LogP contribution is -2.15. The monoisotopic (exact) mass is 386 g/mol. The summed E-state index contributed by atoms with van der Waals surface area (Å²) in [5.41, 5.74) is 3.31. The fourth-order valence-corrected chi connectivity index (χ4v) is 3.15. The quantitative estimate of drug-likeness (QED) is 0.472. The van der Waals surface area contributed by atoms with Gasteiger partial charge in [-0.2, -0.15) is 0 Å². The first-order valence-corrected chi connectivity index (χ1v) is 9.42. The summed E-state index contributed by atoms with van der Waals surface area (Å²) in [4.78, 5) is 32.3. The molecule has 0 radical (unpaired) electrons. The Balaban J connectivity index is 1.33. The molecule has 2 amide bonds. The van der Waals surface area contributed by atoms with Gasteiger partial charge in [0.05, 0.1) is 17.3 Å². The zero-order valence-corrected chi connectivity index (χ0v) is 15.4. The minimum Gasteiger partial charge on any atom is -0.461 e. The molecule has 1 saturated carbocycles. The minimum atomic E-state index is -0.252. The molecule has 0 saturated heterocycles. The number of imidazole rings is 1.